The van der Waals surface area contributed by atoms with Crippen molar-refractivity contribution in [2.45, 2.75) is 50.5 Å². The second kappa shape index (κ2) is 7.42. The summed E-state index contributed by atoms with van der Waals surface area (Å²) in [5.41, 5.74) is 4.51. The lowest BCUT2D eigenvalue weighted by Gasteiger charge is -2.41. The van der Waals surface area contributed by atoms with Crippen molar-refractivity contribution < 1.29 is 23.2 Å². The second-order valence-corrected chi connectivity index (χ2v) is 7.70. The van der Waals surface area contributed by atoms with Crippen LogP contribution in [0, 0.1) is 17.2 Å². The van der Waals surface area contributed by atoms with E-state index in [1.54, 1.807) is 0 Å². The number of piperidine rings is 1. The molecule has 1 aliphatic heterocycles. The van der Waals surface area contributed by atoms with E-state index in [0.717, 1.165) is 17.7 Å². The molecule has 3 N–H and O–H groups in total. The Morgan fingerprint density at radius 2 is 2.00 bits per heavy atom. The molecule has 2 fully saturated rings. The predicted octanol–water partition coefficient (Wildman–Crippen LogP) is 1.22. The van der Waals surface area contributed by atoms with Gasteiger partial charge in [0.15, 0.2) is 5.82 Å². The molecule has 3 amide bonds. The van der Waals surface area contributed by atoms with Crippen LogP contribution in [0.5, 0.6) is 0 Å². The molecule has 0 aromatic carbocycles. The number of primary amides is 1. The van der Waals surface area contributed by atoms with Crippen molar-refractivity contribution in [1.29, 1.82) is 5.26 Å². The molecule has 2 heterocycles. The van der Waals surface area contributed by atoms with E-state index in [0.29, 0.717) is 6.92 Å². The number of alkyl halides is 2. The molecule has 1 saturated heterocycles. The highest BCUT2D eigenvalue weighted by molar-refractivity contribution is 6.02. The number of aromatic nitrogens is 2. The van der Waals surface area contributed by atoms with E-state index < -0.39 is 23.3 Å². The number of likely N-dealkylation sites (tertiary alicyclic amines) is 1. The molecule has 0 atom stereocenters. The summed E-state index contributed by atoms with van der Waals surface area (Å²) in [4.78, 5) is 36.8. The summed E-state index contributed by atoms with van der Waals surface area (Å²) in [6.45, 7) is 0.576. The highest BCUT2D eigenvalue weighted by Crippen LogP contribution is 2.36. The van der Waals surface area contributed by atoms with E-state index in [4.69, 9.17) is 5.73 Å². The third-order valence-corrected chi connectivity index (χ3v) is 5.42. The minimum absolute atomic E-state index is 0.00651. The molecule has 0 bridgehead atoms. The highest BCUT2D eigenvalue weighted by atomic mass is 19.3. The molecular formula is C18H22F2N6O3. The van der Waals surface area contributed by atoms with Gasteiger partial charge in [-0.1, -0.05) is 0 Å². The fourth-order valence-electron chi connectivity index (χ4n) is 3.49. The first-order valence-electron chi connectivity index (χ1n) is 9.32. The Morgan fingerprint density at radius 1 is 1.38 bits per heavy atom. The zero-order valence-electron chi connectivity index (χ0n) is 16.0. The Kier molecular flexibility index (Phi) is 5.30. The van der Waals surface area contributed by atoms with Gasteiger partial charge in [0.2, 0.25) is 5.91 Å². The number of hydrogen-bond donors (Lipinski definition) is 2. The summed E-state index contributed by atoms with van der Waals surface area (Å²) >= 11 is 0. The molecule has 9 nitrogen and oxygen atoms in total. The van der Waals surface area contributed by atoms with Gasteiger partial charge in [-0.25, -0.2) is 0 Å². The molecule has 0 unspecified atom stereocenters. The Balaban J connectivity index is 1.86. The van der Waals surface area contributed by atoms with Gasteiger partial charge in [-0.05, 0) is 25.7 Å². The molecule has 1 aromatic rings. The molecule has 0 spiro atoms. The maximum Gasteiger partial charge on any atom is 0.322 e. The number of anilines is 1. The molecule has 1 saturated carbocycles. The van der Waals surface area contributed by atoms with Gasteiger partial charge in [-0.2, -0.15) is 19.1 Å². The number of halogens is 2. The van der Waals surface area contributed by atoms with Gasteiger partial charge in [0.1, 0.15) is 5.56 Å². The SMILES string of the molecule is CC(F)(F)C(=O)N1CCC(CC#N)(n2cc(C(N)=O)c(NC(=O)C3CC3)n2)CC1. The Bertz CT molecular complexity index is 873. The first kappa shape index (κ1) is 20.7. The number of carbonyl (C=O) groups excluding carboxylic acids is 3. The van der Waals surface area contributed by atoms with E-state index in [1.807, 2.05) is 0 Å². The van der Waals surface area contributed by atoms with Crippen LogP contribution in [-0.2, 0) is 15.1 Å². The number of rotatable bonds is 6. The van der Waals surface area contributed by atoms with Crippen LogP contribution in [0.2, 0.25) is 0 Å². The number of nitrogens with two attached hydrogens (primary N) is 1. The average molecular weight is 408 g/mol. The van der Waals surface area contributed by atoms with E-state index in [-0.39, 0.29) is 55.6 Å². The third kappa shape index (κ3) is 4.21. The number of nitrogens with one attached hydrogen (secondary N) is 1. The van der Waals surface area contributed by atoms with E-state index in [9.17, 15) is 28.4 Å². The van der Waals surface area contributed by atoms with Crippen molar-refractivity contribution in [1.82, 2.24) is 14.7 Å². The van der Waals surface area contributed by atoms with Crippen LogP contribution < -0.4 is 11.1 Å². The lowest BCUT2D eigenvalue weighted by Crippen LogP contribution is -2.51. The van der Waals surface area contributed by atoms with Crippen LogP contribution in [0.15, 0.2) is 6.20 Å². The number of hydrogen-bond acceptors (Lipinski definition) is 5. The summed E-state index contributed by atoms with van der Waals surface area (Å²) in [5.74, 6) is -5.87. The summed E-state index contributed by atoms with van der Waals surface area (Å²) in [7, 11) is 0. The Hall–Kier alpha value is -3.03. The Labute approximate surface area is 165 Å². The summed E-state index contributed by atoms with van der Waals surface area (Å²) in [6.07, 6.45) is 3.28. The van der Waals surface area contributed by atoms with Gasteiger partial charge in [-0.3, -0.25) is 19.1 Å². The van der Waals surface area contributed by atoms with Gasteiger partial charge in [0.05, 0.1) is 18.0 Å². The third-order valence-electron chi connectivity index (χ3n) is 5.42. The molecule has 156 valence electrons. The lowest BCUT2D eigenvalue weighted by atomic mass is 9.84. The Morgan fingerprint density at radius 3 is 2.48 bits per heavy atom. The van der Waals surface area contributed by atoms with Crippen LogP contribution in [0.4, 0.5) is 14.6 Å². The number of amides is 3. The van der Waals surface area contributed by atoms with Crippen LogP contribution in [-0.4, -0.2) is 51.4 Å². The summed E-state index contributed by atoms with van der Waals surface area (Å²) in [6, 6.07) is 2.06. The normalized spacial score (nSPS) is 18.8. The predicted molar refractivity (Wildman–Crippen MR) is 96.7 cm³/mol. The molecule has 2 aliphatic rings. The van der Waals surface area contributed by atoms with Crippen molar-refractivity contribution in [3.8, 4) is 6.07 Å². The summed E-state index contributed by atoms with van der Waals surface area (Å²) < 4.78 is 28.1. The first-order valence-corrected chi connectivity index (χ1v) is 9.32. The maximum absolute atomic E-state index is 13.3. The first-order chi connectivity index (χ1) is 13.6. The van der Waals surface area contributed by atoms with E-state index >= 15 is 0 Å². The zero-order valence-corrected chi connectivity index (χ0v) is 16.0. The molecule has 11 heteroatoms. The van der Waals surface area contributed by atoms with Crippen molar-refractivity contribution in [2.24, 2.45) is 11.7 Å². The van der Waals surface area contributed by atoms with Crippen molar-refractivity contribution >= 4 is 23.5 Å². The highest BCUT2D eigenvalue weighted by Gasteiger charge is 2.44. The van der Waals surface area contributed by atoms with Crippen LogP contribution >= 0.6 is 0 Å². The van der Waals surface area contributed by atoms with Crippen molar-refractivity contribution in [3.63, 3.8) is 0 Å². The van der Waals surface area contributed by atoms with Crippen molar-refractivity contribution in [3.05, 3.63) is 11.8 Å². The molecule has 1 aromatic heterocycles. The topological polar surface area (TPSA) is 134 Å². The lowest BCUT2D eigenvalue weighted by molar-refractivity contribution is -0.157. The second-order valence-electron chi connectivity index (χ2n) is 7.70. The monoisotopic (exact) mass is 408 g/mol. The molecule has 0 radical (unpaired) electrons. The van der Waals surface area contributed by atoms with Crippen LogP contribution in [0.3, 0.4) is 0 Å². The minimum atomic E-state index is -3.47. The van der Waals surface area contributed by atoms with E-state index in [2.05, 4.69) is 16.5 Å². The van der Waals surface area contributed by atoms with Crippen molar-refractivity contribution in [2.75, 3.05) is 18.4 Å². The molecule has 29 heavy (non-hydrogen) atoms. The van der Waals surface area contributed by atoms with Crippen LogP contribution in [0.25, 0.3) is 0 Å². The standard InChI is InChI=1S/C18H22F2N6O3/c1-17(19,20)16(29)25-8-5-18(4-7-21,6-9-25)26-10-12(13(22)27)14(24-26)23-15(28)11-2-3-11/h10-11H,2-6,8-9H2,1H3,(H2,22,27)(H,23,24,28). The smallest absolute Gasteiger partial charge is 0.322 e. The van der Waals surface area contributed by atoms with Gasteiger partial charge in [0.25, 0.3) is 11.8 Å². The quantitative estimate of drug-likeness (QED) is 0.730. The van der Waals surface area contributed by atoms with Crippen LogP contribution in [0.1, 0.15) is 49.4 Å². The number of nitrogens with zero attached hydrogens (tertiary/aromatic N) is 4. The van der Waals surface area contributed by atoms with Gasteiger partial charge in [0, 0.05) is 32.1 Å². The zero-order chi connectivity index (χ0) is 21.4. The largest absolute Gasteiger partial charge is 0.365 e. The fourth-order valence-corrected chi connectivity index (χ4v) is 3.49. The molecule has 1 aliphatic carbocycles. The molecule has 3 rings (SSSR count). The summed E-state index contributed by atoms with van der Waals surface area (Å²) in [5, 5.41) is 16.2. The fraction of sp³-hybridized carbons (Fsp3) is 0.611. The van der Waals surface area contributed by atoms with Gasteiger partial charge in [-0.15, -0.1) is 0 Å². The average Bonchev–Trinajstić information content (AvgIpc) is 3.41. The van der Waals surface area contributed by atoms with Gasteiger partial charge >= 0.3 is 5.92 Å². The number of carbonyl (C=O) groups is 3. The van der Waals surface area contributed by atoms with E-state index in [1.165, 1.54) is 10.9 Å². The minimum Gasteiger partial charge on any atom is -0.365 e. The molecular weight excluding hydrogens is 386 g/mol. The maximum atomic E-state index is 13.3. The van der Waals surface area contributed by atoms with Gasteiger partial charge < -0.3 is 16.0 Å². The number of nitriles is 1.